The van der Waals surface area contributed by atoms with Crippen molar-refractivity contribution < 1.29 is 28.3 Å². The molecule has 3 rings (SSSR count). The van der Waals surface area contributed by atoms with Gasteiger partial charge in [-0.1, -0.05) is 0 Å². The van der Waals surface area contributed by atoms with Gasteiger partial charge in [-0.15, -0.1) is 0 Å². The first-order valence-corrected chi connectivity index (χ1v) is 9.54. The predicted molar refractivity (Wildman–Crippen MR) is 112 cm³/mol. The molecular formula is C20H21N3O6S. The molecule has 1 saturated heterocycles. The number of thiocarbonyl (C=S) groups is 1. The van der Waals surface area contributed by atoms with Crippen molar-refractivity contribution in [3.63, 3.8) is 0 Å². The van der Waals surface area contributed by atoms with Gasteiger partial charge in [0.2, 0.25) is 0 Å². The molecule has 0 spiro atoms. The lowest BCUT2D eigenvalue weighted by atomic mass is 10.1. The van der Waals surface area contributed by atoms with Crippen LogP contribution in [0.4, 0.5) is 5.69 Å². The third-order valence-corrected chi connectivity index (χ3v) is 5.03. The highest BCUT2D eigenvalue weighted by atomic mass is 32.1. The largest absolute Gasteiger partial charge is 0.465 e. The van der Waals surface area contributed by atoms with Gasteiger partial charge in [0.05, 0.1) is 37.3 Å². The molecule has 1 aromatic heterocycles. The van der Waals surface area contributed by atoms with E-state index in [1.807, 2.05) is 4.90 Å². The molecule has 0 unspecified atom stereocenters. The molecule has 1 aromatic carbocycles. The van der Waals surface area contributed by atoms with E-state index < -0.39 is 11.9 Å². The lowest BCUT2D eigenvalue weighted by Crippen LogP contribution is -2.51. The van der Waals surface area contributed by atoms with E-state index in [9.17, 15) is 14.4 Å². The Bertz CT molecular complexity index is 951. The zero-order valence-electron chi connectivity index (χ0n) is 16.5. The Labute approximate surface area is 178 Å². The van der Waals surface area contributed by atoms with Crippen LogP contribution in [0.1, 0.15) is 31.3 Å². The van der Waals surface area contributed by atoms with Gasteiger partial charge in [-0.2, -0.15) is 0 Å². The average molecular weight is 431 g/mol. The molecule has 2 aromatic rings. The number of carbonyl (C=O) groups excluding carboxylic acids is 3. The van der Waals surface area contributed by atoms with Gasteiger partial charge in [0.1, 0.15) is 0 Å². The minimum absolute atomic E-state index is 0.169. The van der Waals surface area contributed by atoms with E-state index in [-0.39, 0.29) is 17.0 Å². The fraction of sp³-hybridized carbons (Fsp3) is 0.300. The number of carbonyl (C=O) groups is 3. The molecular weight excluding hydrogens is 410 g/mol. The van der Waals surface area contributed by atoms with Crippen LogP contribution >= 0.6 is 12.2 Å². The SMILES string of the molecule is COC(=O)c1ccc(C(=O)OC)c(NC(=S)N2CCN(C(=O)c3ccco3)CC2)c1. The maximum absolute atomic E-state index is 12.4. The maximum Gasteiger partial charge on any atom is 0.339 e. The van der Waals surface area contributed by atoms with Crippen molar-refractivity contribution in [2.75, 3.05) is 45.7 Å². The van der Waals surface area contributed by atoms with Crippen LogP contribution in [0.25, 0.3) is 0 Å². The number of rotatable bonds is 4. The number of anilines is 1. The summed E-state index contributed by atoms with van der Waals surface area (Å²) in [5, 5.41) is 3.38. The smallest absolute Gasteiger partial charge is 0.339 e. The monoisotopic (exact) mass is 431 g/mol. The number of ether oxygens (including phenoxy) is 2. The van der Waals surface area contributed by atoms with Crippen LogP contribution in [0.15, 0.2) is 41.0 Å². The zero-order valence-corrected chi connectivity index (χ0v) is 17.4. The van der Waals surface area contributed by atoms with Crippen LogP contribution in [0.2, 0.25) is 0 Å². The second-order valence-corrected chi connectivity index (χ2v) is 6.82. The molecule has 9 nitrogen and oxygen atoms in total. The van der Waals surface area contributed by atoms with E-state index in [1.165, 1.54) is 38.7 Å². The Morgan fingerprint density at radius 2 is 1.67 bits per heavy atom. The van der Waals surface area contributed by atoms with Crippen molar-refractivity contribution in [1.29, 1.82) is 0 Å². The van der Waals surface area contributed by atoms with E-state index in [0.717, 1.165) is 0 Å². The van der Waals surface area contributed by atoms with E-state index >= 15 is 0 Å². The van der Waals surface area contributed by atoms with Crippen LogP contribution in [0.3, 0.4) is 0 Å². The van der Waals surface area contributed by atoms with E-state index in [1.54, 1.807) is 17.0 Å². The Balaban J connectivity index is 1.69. The Hall–Kier alpha value is -3.40. The summed E-state index contributed by atoms with van der Waals surface area (Å²) in [6.07, 6.45) is 1.46. The fourth-order valence-electron chi connectivity index (χ4n) is 3.04. The normalized spacial score (nSPS) is 13.5. The van der Waals surface area contributed by atoms with Crippen molar-refractivity contribution in [3.8, 4) is 0 Å². The molecule has 0 atom stereocenters. The van der Waals surface area contributed by atoms with Crippen LogP contribution < -0.4 is 5.32 Å². The topological polar surface area (TPSA) is 101 Å². The minimum atomic E-state index is -0.564. The highest BCUT2D eigenvalue weighted by molar-refractivity contribution is 7.80. The van der Waals surface area contributed by atoms with Crippen LogP contribution in [-0.2, 0) is 9.47 Å². The first kappa shape index (κ1) is 21.3. The Kier molecular flexibility index (Phi) is 6.68. The lowest BCUT2D eigenvalue weighted by molar-refractivity contribution is 0.0587. The van der Waals surface area contributed by atoms with Crippen molar-refractivity contribution >= 4 is 40.9 Å². The van der Waals surface area contributed by atoms with Crippen molar-refractivity contribution in [3.05, 3.63) is 53.5 Å². The molecule has 1 amide bonds. The molecule has 0 bridgehead atoms. The number of furan rings is 1. The standard InChI is InChI=1S/C20H21N3O6S/c1-27-18(25)13-5-6-14(19(26)28-2)15(12-13)21-20(30)23-9-7-22(8-10-23)17(24)16-4-3-11-29-16/h3-6,11-12H,7-10H2,1-2H3,(H,21,30). The minimum Gasteiger partial charge on any atom is -0.465 e. The number of hydrogen-bond acceptors (Lipinski definition) is 7. The molecule has 2 heterocycles. The van der Waals surface area contributed by atoms with Crippen LogP contribution in [0, 0.1) is 0 Å². The summed E-state index contributed by atoms with van der Waals surface area (Å²) < 4.78 is 14.7. The van der Waals surface area contributed by atoms with Crippen LogP contribution in [-0.4, -0.2) is 73.2 Å². The number of hydrogen-bond donors (Lipinski definition) is 1. The first-order valence-electron chi connectivity index (χ1n) is 9.14. The molecule has 0 saturated carbocycles. The van der Waals surface area contributed by atoms with Gasteiger partial charge in [-0.25, -0.2) is 9.59 Å². The number of benzene rings is 1. The number of nitrogens with one attached hydrogen (secondary N) is 1. The second-order valence-electron chi connectivity index (χ2n) is 6.43. The van der Waals surface area contributed by atoms with Gasteiger partial charge >= 0.3 is 11.9 Å². The summed E-state index contributed by atoms with van der Waals surface area (Å²) in [6.45, 7) is 1.94. The third-order valence-electron chi connectivity index (χ3n) is 4.67. The highest BCUT2D eigenvalue weighted by Crippen LogP contribution is 2.21. The van der Waals surface area contributed by atoms with Gasteiger partial charge in [-0.05, 0) is 42.5 Å². The number of nitrogens with zero attached hydrogens (tertiary/aromatic N) is 2. The summed E-state index contributed by atoms with van der Waals surface area (Å²) in [7, 11) is 2.55. The van der Waals surface area contributed by atoms with Crippen LogP contribution in [0.5, 0.6) is 0 Å². The molecule has 1 N–H and O–H groups in total. The molecule has 0 aliphatic carbocycles. The highest BCUT2D eigenvalue weighted by Gasteiger charge is 2.25. The van der Waals surface area contributed by atoms with E-state index in [2.05, 4.69) is 5.32 Å². The molecule has 1 fully saturated rings. The van der Waals surface area contributed by atoms with Crippen molar-refractivity contribution in [2.45, 2.75) is 0 Å². The van der Waals surface area contributed by atoms with E-state index in [4.69, 9.17) is 26.1 Å². The van der Waals surface area contributed by atoms with E-state index in [0.29, 0.717) is 42.7 Å². The molecule has 158 valence electrons. The maximum atomic E-state index is 12.4. The summed E-state index contributed by atoms with van der Waals surface area (Å²) >= 11 is 5.48. The average Bonchev–Trinajstić information content (AvgIpc) is 3.32. The predicted octanol–water partition coefficient (Wildman–Crippen LogP) is 2.01. The summed E-state index contributed by atoms with van der Waals surface area (Å²) in [5.74, 6) is -0.972. The molecule has 0 radical (unpaired) electrons. The zero-order chi connectivity index (χ0) is 21.7. The van der Waals surface area contributed by atoms with Gasteiger partial charge in [0.25, 0.3) is 5.91 Å². The van der Waals surface area contributed by atoms with Gasteiger partial charge in [-0.3, -0.25) is 4.79 Å². The quantitative estimate of drug-likeness (QED) is 0.575. The van der Waals surface area contributed by atoms with Gasteiger partial charge in [0.15, 0.2) is 10.9 Å². The summed E-state index contributed by atoms with van der Waals surface area (Å²) in [5.41, 5.74) is 0.840. The molecule has 1 aliphatic heterocycles. The lowest BCUT2D eigenvalue weighted by Gasteiger charge is -2.36. The first-order chi connectivity index (χ1) is 14.4. The fourth-order valence-corrected chi connectivity index (χ4v) is 3.34. The number of esters is 2. The third kappa shape index (κ3) is 4.60. The van der Waals surface area contributed by atoms with Gasteiger partial charge in [0, 0.05) is 26.2 Å². The summed E-state index contributed by atoms with van der Waals surface area (Å²) in [4.78, 5) is 39.9. The summed E-state index contributed by atoms with van der Waals surface area (Å²) in [6, 6.07) is 7.74. The van der Waals surface area contributed by atoms with Gasteiger partial charge < -0.3 is 29.0 Å². The molecule has 30 heavy (non-hydrogen) atoms. The van der Waals surface area contributed by atoms with Crippen molar-refractivity contribution in [2.24, 2.45) is 0 Å². The number of methoxy groups -OCH3 is 2. The Morgan fingerprint density at radius 1 is 1.00 bits per heavy atom. The molecule has 1 aliphatic rings. The second kappa shape index (κ2) is 9.40. The number of piperazine rings is 1. The van der Waals surface area contributed by atoms with Crippen molar-refractivity contribution in [1.82, 2.24) is 9.80 Å². The Morgan fingerprint density at radius 3 is 2.27 bits per heavy atom. The number of amides is 1. The molecule has 10 heteroatoms.